The first kappa shape index (κ1) is 27.6. The number of hydrogen-bond donors (Lipinski definition) is 3. The zero-order chi connectivity index (χ0) is 24.3. The van der Waals surface area contributed by atoms with E-state index in [1.54, 1.807) is 38.2 Å². The van der Waals surface area contributed by atoms with Crippen molar-refractivity contribution in [2.24, 2.45) is 12.5 Å². The monoisotopic (exact) mass is 555 g/mol. The molecule has 3 heterocycles. The Balaban J connectivity index is 0.00000180. The second-order valence-corrected chi connectivity index (χ2v) is 9.38. The molecule has 3 aromatic heterocycles. The van der Waals surface area contributed by atoms with Crippen LogP contribution in [-0.4, -0.2) is 52.8 Å². The number of pyridine rings is 2. The average Bonchev–Trinajstić information content (AvgIpc) is 3.12. The van der Waals surface area contributed by atoms with Crippen LogP contribution in [0.1, 0.15) is 37.8 Å². The minimum Gasteiger partial charge on any atom is -0.465 e. The molecule has 0 aliphatic heterocycles. The zero-order valence-corrected chi connectivity index (χ0v) is 21.6. The molecule has 2 amide bonds. The number of hydrogen-bond acceptors (Lipinski definition) is 7. The molecule has 0 radical (unpaired) electrons. The highest BCUT2D eigenvalue weighted by Crippen LogP contribution is 2.67. The lowest BCUT2D eigenvalue weighted by atomic mass is 9.41. The summed E-state index contributed by atoms with van der Waals surface area (Å²) < 4.78 is 1.36. The Morgan fingerprint density at radius 2 is 1.89 bits per heavy atom. The van der Waals surface area contributed by atoms with Gasteiger partial charge in [0.05, 0.1) is 34.6 Å². The Hall–Kier alpha value is -2.99. The van der Waals surface area contributed by atoms with Crippen LogP contribution in [0.4, 0.5) is 16.3 Å². The van der Waals surface area contributed by atoms with Gasteiger partial charge in [0.25, 0.3) is 0 Å². The van der Waals surface area contributed by atoms with E-state index in [2.05, 4.69) is 25.6 Å². The van der Waals surface area contributed by atoms with Crippen molar-refractivity contribution in [2.45, 2.75) is 37.8 Å². The number of amides is 2. The van der Waals surface area contributed by atoms with E-state index in [9.17, 15) is 19.8 Å². The fourth-order valence-electron chi connectivity index (χ4n) is 4.92. The van der Waals surface area contributed by atoms with Gasteiger partial charge >= 0.3 is 6.09 Å². The van der Waals surface area contributed by atoms with Gasteiger partial charge in [-0.2, -0.15) is 0 Å². The van der Waals surface area contributed by atoms with Gasteiger partial charge < -0.3 is 15.5 Å². The van der Waals surface area contributed by atoms with Crippen molar-refractivity contribution in [3.05, 3.63) is 47.4 Å². The molecule has 6 rings (SSSR count). The molecular formula is C22H24Cl3N7O4. The van der Waals surface area contributed by atoms with Crippen LogP contribution in [0.15, 0.2) is 36.7 Å². The van der Waals surface area contributed by atoms with Gasteiger partial charge in [-0.3, -0.25) is 14.7 Å². The van der Waals surface area contributed by atoms with Crippen molar-refractivity contribution in [1.29, 1.82) is 0 Å². The molecular weight excluding hydrogens is 533 g/mol. The normalized spacial score (nSPS) is 22.1. The summed E-state index contributed by atoms with van der Waals surface area (Å²) >= 11 is 6.21. The van der Waals surface area contributed by atoms with Gasteiger partial charge in [-0.1, -0.05) is 22.9 Å². The summed E-state index contributed by atoms with van der Waals surface area (Å²) in [5.74, 6) is 0.0868. The van der Waals surface area contributed by atoms with E-state index in [-0.39, 0.29) is 47.4 Å². The number of carboxylic acid groups (broad SMARTS) is 1. The topological polar surface area (TPSA) is 146 Å². The molecule has 1 atom stereocenters. The fourth-order valence-corrected chi connectivity index (χ4v) is 5.20. The van der Waals surface area contributed by atoms with E-state index >= 15 is 0 Å². The zero-order valence-electron chi connectivity index (χ0n) is 19.3. The number of rotatable bonds is 6. The van der Waals surface area contributed by atoms with Crippen LogP contribution >= 0.6 is 36.4 Å². The van der Waals surface area contributed by atoms with Crippen LogP contribution in [0.2, 0.25) is 5.15 Å². The molecule has 3 fully saturated rings. The van der Waals surface area contributed by atoms with Crippen LogP contribution in [0.3, 0.4) is 0 Å². The van der Waals surface area contributed by atoms with Gasteiger partial charge in [-0.15, -0.1) is 29.9 Å². The summed E-state index contributed by atoms with van der Waals surface area (Å²) in [5, 5.41) is 31.1. The highest BCUT2D eigenvalue weighted by Gasteiger charge is 2.71. The van der Waals surface area contributed by atoms with Gasteiger partial charge in [-0.05, 0) is 44.4 Å². The predicted octanol–water partition coefficient (Wildman–Crippen LogP) is 3.87. The molecule has 0 unspecified atom stereocenters. The summed E-state index contributed by atoms with van der Waals surface area (Å²) in [7, 11) is 1.59. The second-order valence-electron chi connectivity index (χ2n) is 9.02. The smallest absolute Gasteiger partial charge is 0.413 e. The molecule has 3 N–H and O–H groups in total. The van der Waals surface area contributed by atoms with Crippen molar-refractivity contribution in [3.63, 3.8) is 0 Å². The fraction of sp³-hybridized carbons (Fsp3) is 0.364. The average molecular weight is 557 g/mol. The van der Waals surface area contributed by atoms with E-state index in [0.29, 0.717) is 36.2 Å². The summed E-state index contributed by atoms with van der Waals surface area (Å²) in [6, 6.07) is 6.02. The van der Waals surface area contributed by atoms with Crippen molar-refractivity contribution < 1.29 is 19.8 Å². The molecule has 2 bridgehead atoms. The molecule has 3 aromatic rings. The van der Waals surface area contributed by atoms with E-state index < -0.39 is 23.2 Å². The number of carbonyl (C=O) groups is 2. The van der Waals surface area contributed by atoms with E-state index in [1.807, 2.05) is 0 Å². The van der Waals surface area contributed by atoms with Crippen molar-refractivity contribution >= 4 is 59.9 Å². The van der Waals surface area contributed by atoms with Crippen molar-refractivity contribution in [3.8, 4) is 11.4 Å². The van der Waals surface area contributed by atoms with Gasteiger partial charge in [-0.25, -0.2) is 14.5 Å². The summed E-state index contributed by atoms with van der Waals surface area (Å²) in [6.45, 7) is 1.70. The van der Waals surface area contributed by atoms with Crippen molar-refractivity contribution in [2.75, 3.05) is 10.2 Å². The Kier molecular flexibility index (Phi) is 7.52. The largest absolute Gasteiger partial charge is 0.465 e. The third-order valence-corrected chi connectivity index (χ3v) is 6.92. The van der Waals surface area contributed by atoms with E-state index in [0.717, 1.165) is 4.90 Å². The Morgan fingerprint density at radius 3 is 2.44 bits per heavy atom. The second kappa shape index (κ2) is 9.81. The third-order valence-electron chi connectivity index (χ3n) is 6.60. The maximum Gasteiger partial charge on any atom is 0.413 e. The van der Waals surface area contributed by atoms with E-state index in [4.69, 9.17) is 11.6 Å². The highest BCUT2D eigenvalue weighted by atomic mass is 35.5. The van der Waals surface area contributed by atoms with Crippen LogP contribution in [0.5, 0.6) is 0 Å². The molecule has 14 heteroatoms. The number of aromatic nitrogens is 5. The molecule has 192 valence electrons. The van der Waals surface area contributed by atoms with Crippen LogP contribution < -0.4 is 10.2 Å². The first-order valence-electron chi connectivity index (χ1n) is 10.6. The minimum absolute atomic E-state index is 0. The first-order valence-corrected chi connectivity index (χ1v) is 11.0. The number of aliphatic hydroxyl groups is 1. The number of anilines is 2. The number of carbonyl (C=O) groups excluding carboxylic acids is 1. The summed E-state index contributed by atoms with van der Waals surface area (Å²) in [6.07, 6.45) is 3.27. The standard InChI is InChI=1S/C22H22ClN7O4.2ClH/c1-12(14-4-3-7-24-17(14)23)30(20(32)33)18-16(27-28-29(18)2)15-6-5-13(8-25-15)26-19(31)21-9-22(34,10-21)11-21;;/h3-8,12,34H,9-11H2,1-2H3,(H,26,31)(H,32,33);2*1H/t12-,21?,22?;;/m1../s1. The molecule has 36 heavy (non-hydrogen) atoms. The summed E-state index contributed by atoms with van der Waals surface area (Å²) in [4.78, 5) is 34.4. The van der Waals surface area contributed by atoms with Crippen LogP contribution in [0.25, 0.3) is 11.4 Å². The molecule has 0 spiro atoms. The number of aryl methyl sites for hydroxylation is 1. The van der Waals surface area contributed by atoms with Crippen molar-refractivity contribution in [1.82, 2.24) is 25.0 Å². The molecule has 3 aliphatic rings. The Bertz CT molecular complexity index is 1280. The molecule has 0 aromatic carbocycles. The maximum atomic E-state index is 12.5. The van der Waals surface area contributed by atoms with Crippen LogP contribution in [-0.2, 0) is 11.8 Å². The molecule has 3 saturated carbocycles. The predicted molar refractivity (Wildman–Crippen MR) is 137 cm³/mol. The molecule has 3 aliphatic carbocycles. The highest BCUT2D eigenvalue weighted by molar-refractivity contribution is 6.30. The van der Waals surface area contributed by atoms with E-state index in [1.165, 1.54) is 17.1 Å². The maximum absolute atomic E-state index is 12.5. The lowest BCUT2D eigenvalue weighted by molar-refractivity contribution is -0.247. The summed E-state index contributed by atoms with van der Waals surface area (Å²) in [5.41, 5.74) is 0.545. The van der Waals surface area contributed by atoms with Gasteiger partial charge in [0.2, 0.25) is 5.91 Å². The lowest BCUT2D eigenvalue weighted by Gasteiger charge is -2.66. The number of nitrogens with zero attached hydrogens (tertiary/aromatic N) is 6. The number of halogens is 3. The SMILES string of the molecule is C[C@H](c1cccnc1Cl)N(C(=O)O)c1c(-c2ccc(NC(=O)C34CC(O)(C3)C4)cn2)nnn1C.Cl.Cl. The quantitative estimate of drug-likeness (QED) is 0.388. The Labute approximate surface area is 223 Å². The van der Waals surface area contributed by atoms with Gasteiger partial charge in [0.15, 0.2) is 11.5 Å². The van der Waals surface area contributed by atoms with Gasteiger partial charge in [0.1, 0.15) is 5.15 Å². The first-order chi connectivity index (χ1) is 16.1. The minimum atomic E-state index is -1.22. The molecule has 0 saturated heterocycles. The Morgan fingerprint density at radius 1 is 1.19 bits per heavy atom. The third kappa shape index (κ3) is 4.47. The van der Waals surface area contributed by atoms with Gasteiger partial charge in [0, 0.05) is 18.8 Å². The molecule has 11 nitrogen and oxygen atoms in total. The van der Waals surface area contributed by atoms with Crippen LogP contribution in [0, 0.1) is 5.41 Å². The number of nitrogens with one attached hydrogen (secondary N) is 1. The lowest BCUT2D eigenvalue weighted by Crippen LogP contribution is -2.71.